The van der Waals surface area contributed by atoms with Gasteiger partial charge >= 0.3 is 6.03 Å². The van der Waals surface area contributed by atoms with Gasteiger partial charge in [0.1, 0.15) is 18.3 Å². The second-order valence-corrected chi connectivity index (χ2v) is 6.04. The summed E-state index contributed by atoms with van der Waals surface area (Å²) in [4.78, 5) is 16.5. The first-order valence-corrected chi connectivity index (χ1v) is 7.48. The third-order valence-electron chi connectivity index (χ3n) is 2.95. The Morgan fingerprint density at radius 2 is 2.43 bits per heavy atom. The number of rotatable bonds is 6. The van der Waals surface area contributed by atoms with Gasteiger partial charge in [-0.25, -0.2) is 9.78 Å². The number of amides is 2. The highest BCUT2D eigenvalue weighted by Crippen LogP contribution is 2.24. The monoisotopic (exact) mass is 309 g/mol. The van der Waals surface area contributed by atoms with Crippen LogP contribution in [0.15, 0.2) is 30.2 Å². The molecule has 2 atom stereocenters. The zero-order valence-corrected chi connectivity index (χ0v) is 12.8. The highest BCUT2D eigenvalue weighted by molar-refractivity contribution is 7.10. The molecule has 0 aliphatic carbocycles. The molecule has 2 aromatic heterocycles. The summed E-state index contributed by atoms with van der Waals surface area (Å²) in [6.45, 7) is 4.24. The minimum absolute atomic E-state index is 0.0987. The molecule has 0 radical (unpaired) electrons. The molecule has 0 fully saturated rings. The predicted octanol–water partition coefficient (Wildman–Crippen LogP) is 0.935. The van der Waals surface area contributed by atoms with Crippen LogP contribution < -0.4 is 10.6 Å². The van der Waals surface area contributed by atoms with Gasteiger partial charge in [-0.2, -0.15) is 5.10 Å². The van der Waals surface area contributed by atoms with Crippen LogP contribution in [0, 0.1) is 0 Å². The second kappa shape index (κ2) is 6.68. The lowest BCUT2D eigenvalue weighted by atomic mass is 10.1. The molecule has 0 bridgehead atoms. The average molecular weight is 309 g/mol. The molecule has 0 aliphatic rings. The molecule has 114 valence electrons. The van der Waals surface area contributed by atoms with Gasteiger partial charge in [0.05, 0.1) is 13.1 Å². The Morgan fingerprint density at radius 1 is 1.62 bits per heavy atom. The Balaban J connectivity index is 1.77. The average Bonchev–Trinajstić information content (AvgIpc) is 3.09. The molecule has 7 nitrogen and oxygen atoms in total. The summed E-state index contributed by atoms with van der Waals surface area (Å²) in [5, 5.41) is 21.7. The quantitative estimate of drug-likeness (QED) is 0.740. The number of carbonyl (C=O) groups is 1. The highest BCUT2D eigenvalue weighted by Gasteiger charge is 2.25. The number of carbonyl (C=O) groups excluding carboxylic acids is 1. The number of nitrogens with zero attached hydrogens (tertiary/aromatic N) is 3. The van der Waals surface area contributed by atoms with Crippen LogP contribution in [-0.4, -0.2) is 38.5 Å². The summed E-state index contributed by atoms with van der Waals surface area (Å²) in [7, 11) is 0. The zero-order valence-electron chi connectivity index (χ0n) is 12.0. The lowest BCUT2D eigenvalue weighted by Gasteiger charge is -2.23. The maximum atomic E-state index is 11.8. The Morgan fingerprint density at radius 3 is 3.05 bits per heavy atom. The summed E-state index contributed by atoms with van der Waals surface area (Å²) in [5.74, 6) is 0. The number of nitrogens with one attached hydrogen (secondary N) is 2. The SMILES string of the molecule is CC(Cn1cncn1)NC(=O)NCC(C)(O)c1cccs1. The molecule has 0 aromatic carbocycles. The molecule has 8 heteroatoms. The van der Waals surface area contributed by atoms with Gasteiger partial charge < -0.3 is 15.7 Å². The van der Waals surface area contributed by atoms with Gasteiger partial charge in [-0.05, 0) is 25.3 Å². The Kier molecular flexibility index (Phi) is 4.92. The summed E-state index contributed by atoms with van der Waals surface area (Å²) in [6.07, 6.45) is 3.04. The van der Waals surface area contributed by atoms with Gasteiger partial charge in [0.2, 0.25) is 0 Å². The van der Waals surface area contributed by atoms with Crippen LogP contribution in [-0.2, 0) is 12.1 Å². The lowest BCUT2D eigenvalue weighted by Crippen LogP contribution is -2.46. The van der Waals surface area contributed by atoms with Crippen LogP contribution in [0.2, 0.25) is 0 Å². The van der Waals surface area contributed by atoms with E-state index >= 15 is 0 Å². The normalized spacial score (nSPS) is 15.2. The summed E-state index contributed by atoms with van der Waals surface area (Å²) in [5.41, 5.74) is -1.07. The molecule has 0 spiro atoms. The van der Waals surface area contributed by atoms with Crippen molar-refractivity contribution in [2.45, 2.75) is 32.0 Å². The number of urea groups is 1. The third kappa shape index (κ3) is 4.54. The number of aromatic nitrogens is 3. The van der Waals surface area contributed by atoms with Gasteiger partial charge in [-0.3, -0.25) is 4.68 Å². The first-order chi connectivity index (χ1) is 9.97. The Bertz CT molecular complexity index is 553. The van der Waals surface area contributed by atoms with Gasteiger partial charge in [0.15, 0.2) is 0 Å². The summed E-state index contributed by atoms with van der Waals surface area (Å²) in [6, 6.07) is 3.30. The lowest BCUT2D eigenvalue weighted by molar-refractivity contribution is 0.0630. The fourth-order valence-electron chi connectivity index (χ4n) is 1.85. The molecule has 2 amide bonds. The zero-order chi connectivity index (χ0) is 15.3. The smallest absolute Gasteiger partial charge is 0.315 e. The minimum atomic E-state index is -1.07. The van der Waals surface area contributed by atoms with Crippen molar-refractivity contribution in [3.05, 3.63) is 35.0 Å². The number of aliphatic hydroxyl groups is 1. The number of thiophene rings is 1. The van der Waals surface area contributed by atoms with E-state index in [2.05, 4.69) is 20.7 Å². The molecule has 2 heterocycles. The van der Waals surface area contributed by atoms with Crippen molar-refractivity contribution in [3.8, 4) is 0 Å². The van der Waals surface area contributed by atoms with Crippen LogP contribution in [0.4, 0.5) is 4.79 Å². The molecule has 21 heavy (non-hydrogen) atoms. The Hall–Kier alpha value is -1.93. The maximum Gasteiger partial charge on any atom is 0.315 e. The van der Waals surface area contributed by atoms with Crippen LogP contribution in [0.3, 0.4) is 0 Å². The van der Waals surface area contributed by atoms with Crippen molar-refractivity contribution in [2.24, 2.45) is 0 Å². The third-order valence-corrected chi connectivity index (χ3v) is 4.07. The molecule has 2 rings (SSSR count). The predicted molar refractivity (Wildman–Crippen MR) is 79.9 cm³/mol. The van der Waals surface area contributed by atoms with E-state index < -0.39 is 5.60 Å². The van der Waals surface area contributed by atoms with E-state index in [9.17, 15) is 9.90 Å². The van der Waals surface area contributed by atoms with E-state index in [0.717, 1.165) is 4.88 Å². The molecule has 0 saturated heterocycles. The summed E-state index contributed by atoms with van der Waals surface area (Å²) >= 11 is 1.46. The van der Waals surface area contributed by atoms with Crippen LogP contribution in [0.25, 0.3) is 0 Å². The molecule has 0 aliphatic heterocycles. The number of hydrogen-bond acceptors (Lipinski definition) is 5. The van der Waals surface area contributed by atoms with E-state index in [1.54, 1.807) is 17.9 Å². The van der Waals surface area contributed by atoms with Gasteiger partial charge in [-0.1, -0.05) is 6.07 Å². The van der Waals surface area contributed by atoms with Gasteiger partial charge in [0, 0.05) is 10.9 Å². The van der Waals surface area contributed by atoms with Crippen LogP contribution in [0.5, 0.6) is 0 Å². The van der Waals surface area contributed by atoms with Crippen molar-refractivity contribution in [3.63, 3.8) is 0 Å². The second-order valence-electron chi connectivity index (χ2n) is 5.10. The van der Waals surface area contributed by atoms with Crippen molar-refractivity contribution in [1.82, 2.24) is 25.4 Å². The van der Waals surface area contributed by atoms with Crippen LogP contribution in [0.1, 0.15) is 18.7 Å². The largest absolute Gasteiger partial charge is 0.383 e. The maximum absolute atomic E-state index is 11.8. The van der Waals surface area contributed by atoms with Crippen LogP contribution >= 0.6 is 11.3 Å². The van der Waals surface area contributed by atoms with Crippen molar-refractivity contribution < 1.29 is 9.90 Å². The fraction of sp³-hybridized carbons (Fsp3) is 0.462. The van der Waals surface area contributed by atoms with E-state index in [1.165, 1.54) is 17.7 Å². The van der Waals surface area contributed by atoms with E-state index in [4.69, 9.17) is 0 Å². The molecule has 2 aromatic rings. The molecule has 3 N–H and O–H groups in total. The first kappa shape index (κ1) is 15.5. The minimum Gasteiger partial charge on any atom is -0.383 e. The van der Waals surface area contributed by atoms with E-state index in [0.29, 0.717) is 6.54 Å². The van der Waals surface area contributed by atoms with Gasteiger partial charge in [-0.15, -0.1) is 11.3 Å². The van der Waals surface area contributed by atoms with Crippen molar-refractivity contribution >= 4 is 17.4 Å². The molecular formula is C13H19N5O2S. The standard InChI is InChI=1S/C13H19N5O2S/c1-10(6-18-9-14-8-16-18)17-12(19)15-7-13(2,20)11-4-3-5-21-11/h3-5,8-10,20H,6-7H2,1-2H3,(H2,15,17,19). The number of hydrogen-bond donors (Lipinski definition) is 3. The van der Waals surface area contributed by atoms with Crippen molar-refractivity contribution in [1.29, 1.82) is 0 Å². The molecule has 2 unspecified atom stereocenters. The van der Waals surface area contributed by atoms with E-state index in [-0.39, 0.29) is 18.6 Å². The summed E-state index contributed by atoms with van der Waals surface area (Å²) < 4.78 is 1.65. The van der Waals surface area contributed by atoms with Gasteiger partial charge in [0.25, 0.3) is 0 Å². The topological polar surface area (TPSA) is 92.1 Å². The molecular weight excluding hydrogens is 290 g/mol. The first-order valence-electron chi connectivity index (χ1n) is 6.60. The van der Waals surface area contributed by atoms with Crippen molar-refractivity contribution in [2.75, 3.05) is 6.54 Å². The van der Waals surface area contributed by atoms with E-state index in [1.807, 2.05) is 24.4 Å². The molecule has 0 saturated carbocycles. The fourth-order valence-corrected chi connectivity index (χ4v) is 2.64. The Labute approximate surface area is 127 Å². The highest BCUT2D eigenvalue weighted by atomic mass is 32.1.